The Labute approximate surface area is 186 Å². The molecule has 0 aliphatic heterocycles. The quantitative estimate of drug-likeness (QED) is 0.304. The highest BCUT2D eigenvalue weighted by Crippen LogP contribution is 2.34. The van der Waals surface area contributed by atoms with Crippen LogP contribution in [0.3, 0.4) is 0 Å². The van der Waals surface area contributed by atoms with E-state index in [9.17, 15) is 22.4 Å². The van der Waals surface area contributed by atoms with Crippen LogP contribution in [0, 0.1) is 5.82 Å². The van der Waals surface area contributed by atoms with Gasteiger partial charge in [-0.2, -0.15) is 18.3 Å². The number of halogens is 4. The number of methoxy groups -OCH3 is 1. The first-order valence-corrected chi connectivity index (χ1v) is 9.97. The minimum absolute atomic E-state index is 0.131. The molecule has 0 amide bonds. The molecule has 2 aromatic carbocycles. The van der Waals surface area contributed by atoms with Crippen LogP contribution in [-0.2, 0) is 27.5 Å². The zero-order valence-electron chi connectivity index (χ0n) is 17.7. The number of esters is 1. The Balaban J connectivity index is 1.82. The van der Waals surface area contributed by atoms with Crippen LogP contribution in [0.5, 0.6) is 0 Å². The van der Waals surface area contributed by atoms with Crippen molar-refractivity contribution in [2.75, 3.05) is 7.11 Å². The number of alkyl halides is 3. The Morgan fingerprint density at radius 3 is 2.45 bits per heavy atom. The summed E-state index contributed by atoms with van der Waals surface area (Å²) in [6, 6.07) is 12.2. The summed E-state index contributed by atoms with van der Waals surface area (Å²) in [4.78, 5) is 17.2. The molecule has 0 spiro atoms. The van der Waals surface area contributed by atoms with E-state index in [0.29, 0.717) is 28.0 Å². The summed E-state index contributed by atoms with van der Waals surface area (Å²) in [6.07, 6.45) is -1.34. The number of carbonyl (C=O) groups is 1. The summed E-state index contributed by atoms with van der Waals surface area (Å²) in [5, 5.41) is 4.36. The first-order valence-electron chi connectivity index (χ1n) is 9.97. The highest BCUT2D eigenvalue weighted by Gasteiger charge is 2.39. The number of rotatable bonds is 5. The van der Waals surface area contributed by atoms with Crippen molar-refractivity contribution in [1.29, 1.82) is 0 Å². The number of hydrogen-bond acceptors (Lipinski definition) is 4. The molecule has 1 atom stereocenters. The van der Waals surface area contributed by atoms with E-state index in [2.05, 4.69) is 10.1 Å². The molecule has 33 heavy (non-hydrogen) atoms. The fourth-order valence-corrected chi connectivity index (χ4v) is 3.90. The van der Waals surface area contributed by atoms with E-state index in [0.717, 1.165) is 12.1 Å². The maximum absolute atomic E-state index is 13.8. The molecular weight excluding hydrogens is 438 g/mol. The van der Waals surface area contributed by atoms with E-state index >= 15 is 0 Å². The van der Waals surface area contributed by atoms with E-state index in [1.165, 1.54) is 48.3 Å². The lowest BCUT2D eigenvalue weighted by Crippen LogP contribution is -2.38. The Hall–Kier alpha value is -3.75. The van der Waals surface area contributed by atoms with E-state index in [1.807, 2.05) is 0 Å². The molecule has 0 N–H and O–H groups in total. The van der Waals surface area contributed by atoms with Crippen molar-refractivity contribution >= 4 is 11.6 Å². The second kappa shape index (κ2) is 8.31. The molecule has 170 valence electrons. The van der Waals surface area contributed by atoms with Crippen LogP contribution in [0.2, 0.25) is 0 Å². The molecule has 9 heteroatoms. The summed E-state index contributed by atoms with van der Waals surface area (Å²) < 4.78 is 59.0. The molecule has 0 fully saturated rings. The monoisotopic (exact) mass is 457 g/mol. The van der Waals surface area contributed by atoms with Crippen molar-refractivity contribution in [1.82, 2.24) is 14.6 Å². The predicted octanol–water partition coefficient (Wildman–Crippen LogP) is 5.23. The third kappa shape index (κ3) is 4.18. The highest BCUT2D eigenvalue weighted by atomic mass is 19.4. The van der Waals surface area contributed by atoms with Crippen LogP contribution < -0.4 is 0 Å². The van der Waals surface area contributed by atoms with Crippen LogP contribution in [0.25, 0.3) is 16.8 Å². The molecule has 2 heterocycles. The van der Waals surface area contributed by atoms with Crippen molar-refractivity contribution in [2.24, 2.45) is 0 Å². The molecule has 4 aromatic rings. The second-order valence-corrected chi connectivity index (χ2v) is 7.83. The third-order valence-corrected chi connectivity index (χ3v) is 5.57. The van der Waals surface area contributed by atoms with Crippen molar-refractivity contribution in [3.05, 3.63) is 89.6 Å². The zero-order valence-corrected chi connectivity index (χ0v) is 17.7. The molecular formula is C24H19F4N3O2. The highest BCUT2D eigenvalue weighted by molar-refractivity contribution is 5.84. The van der Waals surface area contributed by atoms with Gasteiger partial charge >= 0.3 is 12.1 Å². The van der Waals surface area contributed by atoms with Crippen LogP contribution >= 0.6 is 0 Å². The van der Waals surface area contributed by atoms with Gasteiger partial charge < -0.3 is 4.74 Å². The summed E-state index contributed by atoms with van der Waals surface area (Å²) in [6.45, 7) is 1.66. The molecule has 5 nitrogen and oxygen atoms in total. The number of fused-ring (bicyclic) bond motifs is 1. The van der Waals surface area contributed by atoms with Crippen LogP contribution in [0.1, 0.15) is 23.7 Å². The van der Waals surface area contributed by atoms with E-state index in [4.69, 9.17) is 4.74 Å². The number of carbonyl (C=O) groups excluding carboxylic acids is 1. The van der Waals surface area contributed by atoms with Crippen molar-refractivity contribution in [2.45, 2.75) is 24.9 Å². The average molecular weight is 457 g/mol. The van der Waals surface area contributed by atoms with Gasteiger partial charge in [-0.25, -0.2) is 13.9 Å². The van der Waals surface area contributed by atoms with Crippen LogP contribution in [0.4, 0.5) is 17.6 Å². The van der Waals surface area contributed by atoms with Gasteiger partial charge in [-0.3, -0.25) is 4.79 Å². The van der Waals surface area contributed by atoms with E-state index < -0.39 is 28.9 Å². The van der Waals surface area contributed by atoms with Crippen LogP contribution in [0.15, 0.2) is 67.0 Å². The van der Waals surface area contributed by atoms with E-state index in [1.54, 1.807) is 25.1 Å². The topological polar surface area (TPSA) is 56.5 Å². The maximum atomic E-state index is 13.8. The summed E-state index contributed by atoms with van der Waals surface area (Å²) >= 11 is 0. The van der Waals surface area contributed by atoms with E-state index in [-0.39, 0.29) is 6.42 Å². The molecule has 0 saturated heterocycles. The SMILES string of the molecule is COC(=O)[C@@](C)(Cc1cccc(F)c1)c1ccnc2c(-c3ccc(C(F)(F)F)cc3)cnn12. The fourth-order valence-electron chi connectivity index (χ4n) is 3.90. The summed E-state index contributed by atoms with van der Waals surface area (Å²) in [5.74, 6) is -0.978. The second-order valence-electron chi connectivity index (χ2n) is 7.83. The Bertz CT molecular complexity index is 1320. The molecule has 0 radical (unpaired) electrons. The van der Waals surface area contributed by atoms with Gasteiger partial charge in [-0.1, -0.05) is 24.3 Å². The van der Waals surface area contributed by atoms with Gasteiger partial charge in [0.2, 0.25) is 0 Å². The molecule has 0 unspecified atom stereocenters. The fraction of sp³-hybridized carbons (Fsp3) is 0.208. The third-order valence-electron chi connectivity index (χ3n) is 5.57. The Morgan fingerprint density at radius 2 is 1.82 bits per heavy atom. The predicted molar refractivity (Wildman–Crippen MR) is 113 cm³/mol. The number of hydrogen-bond donors (Lipinski definition) is 0. The first kappa shape index (κ1) is 22.4. The normalized spacial score (nSPS) is 13.6. The van der Waals surface area contributed by atoms with Gasteiger partial charge in [-0.15, -0.1) is 0 Å². The minimum atomic E-state index is -4.44. The largest absolute Gasteiger partial charge is 0.468 e. The van der Waals surface area contributed by atoms with Gasteiger partial charge in [0, 0.05) is 11.8 Å². The van der Waals surface area contributed by atoms with Gasteiger partial charge in [0.15, 0.2) is 5.65 Å². The Kier molecular flexibility index (Phi) is 5.65. The lowest BCUT2D eigenvalue weighted by atomic mass is 9.80. The number of nitrogens with zero attached hydrogens (tertiary/aromatic N) is 3. The molecule has 0 aliphatic carbocycles. The number of ether oxygens (including phenoxy) is 1. The molecule has 2 aromatic heterocycles. The first-order chi connectivity index (χ1) is 15.6. The lowest BCUT2D eigenvalue weighted by Gasteiger charge is -2.27. The van der Waals surface area contributed by atoms with Crippen molar-refractivity contribution < 1.29 is 27.1 Å². The average Bonchev–Trinajstić information content (AvgIpc) is 3.22. The zero-order chi connectivity index (χ0) is 23.8. The van der Waals surface area contributed by atoms with Crippen molar-refractivity contribution in [3.63, 3.8) is 0 Å². The molecule has 4 rings (SSSR count). The number of benzene rings is 2. The van der Waals surface area contributed by atoms with Gasteiger partial charge in [0.25, 0.3) is 0 Å². The Morgan fingerprint density at radius 1 is 1.09 bits per heavy atom. The maximum Gasteiger partial charge on any atom is 0.416 e. The standard InChI is InChI=1S/C24H19F4N3O2/c1-23(22(32)33-2,13-15-4-3-5-18(25)12-15)20-10-11-29-21-19(14-30-31(20)21)16-6-8-17(9-7-16)24(26,27)28/h3-12,14H,13H2,1-2H3/t23-/m0/s1. The van der Waals surface area contributed by atoms with Crippen LogP contribution in [-0.4, -0.2) is 27.7 Å². The summed E-state index contributed by atoms with van der Waals surface area (Å²) in [5.41, 5.74) is 0.389. The number of aromatic nitrogens is 3. The molecule has 0 aliphatic rings. The van der Waals surface area contributed by atoms with Gasteiger partial charge in [-0.05, 0) is 54.8 Å². The van der Waals surface area contributed by atoms with Gasteiger partial charge in [0.05, 0.1) is 24.6 Å². The summed E-state index contributed by atoms with van der Waals surface area (Å²) in [7, 11) is 1.27. The lowest BCUT2D eigenvalue weighted by molar-refractivity contribution is -0.147. The molecule has 0 saturated carbocycles. The molecule has 0 bridgehead atoms. The van der Waals surface area contributed by atoms with Crippen molar-refractivity contribution in [3.8, 4) is 11.1 Å². The smallest absolute Gasteiger partial charge is 0.416 e. The minimum Gasteiger partial charge on any atom is -0.468 e. The van der Waals surface area contributed by atoms with Gasteiger partial charge in [0.1, 0.15) is 11.2 Å².